The van der Waals surface area contributed by atoms with Gasteiger partial charge in [-0.05, 0) is 6.92 Å². The lowest BCUT2D eigenvalue weighted by molar-refractivity contribution is 0.0702. The lowest BCUT2D eigenvalue weighted by Gasteiger charge is -2.03. The molecule has 0 bridgehead atoms. The SMILES string of the molecule is C#CC(C)Nc1nc(Cl)c(C(=O)O)s1. The number of halogens is 1. The normalized spacial score (nSPS) is 11.8. The van der Waals surface area contributed by atoms with Crippen LogP contribution in [0.4, 0.5) is 5.13 Å². The minimum atomic E-state index is -1.09. The molecule has 74 valence electrons. The topological polar surface area (TPSA) is 62.2 Å². The van der Waals surface area contributed by atoms with Gasteiger partial charge in [0.15, 0.2) is 15.2 Å². The molecule has 0 saturated heterocycles. The van der Waals surface area contributed by atoms with Crippen molar-refractivity contribution in [1.29, 1.82) is 0 Å². The van der Waals surface area contributed by atoms with Gasteiger partial charge in [-0.2, -0.15) is 0 Å². The van der Waals surface area contributed by atoms with Crippen molar-refractivity contribution in [3.05, 3.63) is 10.0 Å². The van der Waals surface area contributed by atoms with Crippen molar-refractivity contribution in [3.63, 3.8) is 0 Å². The number of aromatic nitrogens is 1. The third-order valence-electron chi connectivity index (χ3n) is 1.37. The Morgan fingerprint density at radius 2 is 2.50 bits per heavy atom. The van der Waals surface area contributed by atoms with E-state index >= 15 is 0 Å². The molecule has 0 radical (unpaired) electrons. The Bertz CT molecular complexity index is 397. The lowest BCUT2D eigenvalue weighted by Crippen LogP contribution is -2.11. The van der Waals surface area contributed by atoms with Gasteiger partial charge in [-0.15, -0.1) is 6.42 Å². The summed E-state index contributed by atoms with van der Waals surface area (Å²) in [7, 11) is 0. The zero-order valence-electron chi connectivity index (χ0n) is 7.24. The highest BCUT2D eigenvalue weighted by Crippen LogP contribution is 2.26. The van der Waals surface area contributed by atoms with Crippen LogP contribution in [0.25, 0.3) is 0 Å². The molecule has 0 amide bonds. The molecule has 0 fully saturated rings. The van der Waals surface area contributed by atoms with E-state index < -0.39 is 5.97 Å². The summed E-state index contributed by atoms with van der Waals surface area (Å²) in [5.74, 6) is 1.35. The molecule has 0 saturated carbocycles. The van der Waals surface area contributed by atoms with Crippen molar-refractivity contribution in [2.24, 2.45) is 0 Å². The van der Waals surface area contributed by atoms with E-state index in [1.807, 2.05) is 0 Å². The standard InChI is InChI=1S/C8H7ClN2O2S/c1-3-4(2)10-8-11-6(9)5(14-8)7(12)13/h1,4H,2H3,(H,10,11)(H,12,13). The number of nitrogens with one attached hydrogen (secondary N) is 1. The van der Waals surface area contributed by atoms with Crippen LogP contribution in [0.3, 0.4) is 0 Å². The van der Waals surface area contributed by atoms with Gasteiger partial charge >= 0.3 is 5.97 Å². The average molecular weight is 231 g/mol. The summed E-state index contributed by atoms with van der Waals surface area (Å²) in [5, 5.41) is 11.9. The molecular formula is C8H7ClN2O2S. The number of carboxylic acid groups (broad SMARTS) is 1. The molecule has 1 aromatic heterocycles. The number of terminal acetylenes is 1. The summed E-state index contributed by atoms with van der Waals surface area (Å²) >= 11 is 6.56. The Kier molecular flexibility index (Phi) is 3.33. The van der Waals surface area contributed by atoms with E-state index in [1.54, 1.807) is 6.92 Å². The molecule has 1 aromatic rings. The molecule has 1 unspecified atom stereocenters. The fraction of sp³-hybridized carbons (Fsp3) is 0.250. The molecule has 1 atom stereocenters. The number of aromatic carboxylic acids is 1. The first kappa shape index (κ1) is 10.8. The van der Waals surface area contributed by atoms with Gasteiger partial charge in [0.1, 0.15) is 0 Å². The highest BCUT2D eigenvalue weighted by atomic mass is 35.5. The summed E-state index contributed by atoms with van der Waals surface area (Å²) < 4.78 is 0. The average Bonchev–Trinajstić information content (AvgIpc) is 2.46. The first-order chi connectivity index (χ1) is 6.54. The molecule has 4 nitrogen and oxygen atoms in total. The summed E-state index contributed by atoms with van der Waals surface area (Å²) in [5.41, 5.74) is 0. The highest BCUT2D eigenvalue weighted by Gasteiger charge is 2.15. The first-order valence-corrected chi connectivity index (χ1v) is 4.86. The van der Waals surface area contributed by atoms with Gasteiger partial charge < -0.3 is 10.4 Å². The van der Waals surface area contributed by atoms with Crippen molar-refractivity contribution in [1.82, 2.24) is 4.98 Å². The maximum Gasteiger partial charge on any atom is 0.349 e. The maximum atomic E-state index is 10.6. The Morgan fingerprint density at radius 3 is 2.93 bits per heavy atom. The largest absolute Gasteiger partial charge is 0.477 e. The summed E-state index contributed by atoms with van der Waals surface area (Å²) in [4.78, 5) is 14.4. The first-order valence-electron chi connectivity index (χ1n) is 3.67. The van der Waals surface area contributed by atoms with Crippen LogP contribution in [0.1, 0.15) is 16.6 Å². The molecule has 14 heavy (non-hydrogen) atoms. The molecule has 2 N–H and O–H groups in total. The molecule has 0 aliphatic heterocycles. The number of nitrogens with zero attached hydrogens (tertiary/aromatic N) is 1. The van der Waals surface area contributed by atoms with Crippen molar-refractivity contribution in [2.75, 3.05) is 5.32 Å². The molecular weight excluding hydrogens is 224 g/mol. The van der Waals surface area contributed by atoms with Crippen LogP contribution >= 0.6 is 22.9 Å². The number of thiazole rings is 1. The number of hydrogen-bond donors (Lipinski definition) is 2. The van der Waals surface area contributed by atoms with Gasteiger partial charge in [-0.1, -0.05) is 28.9 Å². The van der Waals surface area contributed by atoms with Crippen molar-refractivity contribution in [3.8, 4) is 12.3 Å². The molecule has 0 spiro atoms. The van der Waals surface area contributed by atoms with Gasteiger partial charge in [0.25, 0.3) is 0 Å². The van der Waals surface area contributed by atoms with E-state index in [4.69, 9.17) is 23.1 Å². The summed E-state index contributed by atoms with van der Waals surface area (Å²) in [6.45, 7) is 1.76. The van der Waals surface area contributed by atoms with E-state index in [1.165, 1.54) is 0 Å². The maximum absolute atomic E-state index is 10.6. The zero-order chi connectivity index (χ0) is 10.7. The predicted molar refractivity (Wildman–Crippen MR) is 56.0 cm³/mol. The minimum absolute atomic E-state index is 0.0124. The summed E-state index contributed by atoms with van der Waals surface area (Å²) in [6.07, 6.45) is 5.14. The molecule has 1 rings (SSSR count). The molecule has 6 heteroatoms. The molecule has 0 aromatic carbocycles. The Morgan fingerprint density at radius 1 is 1.86 bits per heavy atom. The van der Waals surface area contributed by atoms with E-state index in [0.717, 1.165) is 11.3 Å². The smallest absolute Gasteiger partial charge is 0.349 e. The van der Waals surface area contributed by atoms with Gasteiger partial charge in [-0.3, -0.25) is 0 Å². The molecule has 1 heterocycles. The Balaban J connectivity index is 2.87. The Hall–Kier alpha value is -1.25. The number of carboxylic acids is 1. The van der Waals surface area contributed by atoms with Crippen molar-refractivity contribution >= 4 is 34.0 Å². The van der Waals surface area contributed by atoms with Crippen molar-refractivity contribution < 1.29 is 9.90 Å². The second kappa shape index (κ2) is 4.31. The molecule has 0 aliphatic carbocycles. The highest BCUT2D eigenvalue weighted by molar-refractivity contribution is 7.18. The number of anilines is 1. The van der Waals surface area contributed by atoms with Gasteiger partial charge in [0.2, 0.25) is 0 Å². The van der Waals surface area contributed by atoms with Crippen LogP contribution < -0.4 is 5.32 Å². The van der Waals surface area contributed by atoms with Crippen LogP contribution in [-0.4, -0.2) is 22.1 Å². The quantitative estimate of drug-likeness (QED) is 0.779. The van der Waals surface area contributed by atoms with Gasteiger partial charge in [0, 0.05) is 0 Å². The van der Waals surface area contributed by atoms with E-state index in [0.29, 0.717) is 5.13 Å². The zero-order valence-corrected chi connectivity index (χ0v) is 8.82. The monoisotopic (exact) mass is 230 g/mol. The third kappa shape index (κ3) is 2.37. The van der Waals surface area contributed by atoms with Crippen LogP contribution in [0.5, 0.6) is 0 Å². The predicted octanol–water partition coefficient (Wildman–Crippen LogP) is 1.93. The van der Waals surface area contributed by atoms with Crippen LogP contribution in [0.15, 0.2) is 0 Å². The second-order valence-corrected chi connectivity index (χ2v) is 3.83. The fourth-order valence-electron chi connectivity index (χ4n) is 0.722. The van der Waals surface area contributed by atoms with Crippen molar-refractivity contribution in [2.45, 2.75) is 13.0 Å². The minimum Gasteiger partial charge on any atom is -0.477 e. The Labute approximate surface area is 89.9 Å². The van der Waals surface area contributed by atoms with Gasteiger partial charge in [-0.25, -0.2) is 9.78 Å². The number of hydrogen-bond acceptors (Lipinski definition) is 4. The number of rotatable bonds is 3. The number of carbonyl (C=O) groups is 1. The van der Waals surface area contributed by atoms with Crippen LogP contribution in [-0.2, 0) is 0 Å². The fourth-order valence-corrected chi connectivity index (χ4v) is 1.84. The van der Waals surface area contributed by atoms with E-state index in [2.05, 4.69) is 16.2 Å². The van der Waals surface area contributed by atoms with Crippen LogP contribution in [0, 0.1) is 12.3 Å². The molecule has 0 aliphatic rings. The van der Waals surface area contributed by atoms with Gasteiger partial charge in [0.05, 0.1) is 6.04 Å². The lowest BCUT2D eigenvalue weighted by atomic mass is 10.4. The summed E-state index contributed by atoms with van der Waals surface area (Å²) in [6, 6.07) is -0.209. The van der Waals surface area contributed by atoms with E-state index in [9.17, 15) is 4.79 Å². The van der Waals surface area contributed by atoms with Crippen LogP contribution in [0.2, 0.25) is 5.15 Å². The van der Waals surface area contributed by atoms with E-state index in [-0.39, 0.29) is 16.1 Å². The third-order valence-corrected chi connectivity index (χ3v) is 2.73. The second-order valence-electron chi connectivity index (χ2n) is 2.48.